The summed E-state index contributed by atoms with van der Waals surface area (Å²) in [5, 5.41) is 0. The van der Waals surface area contributed by atoms with Crippen molar-refractivity contribution in [1.82, 2.24) is 0 Å². The van der Waals surface area contributed by atoms with Crippen LogP contribution >= 0.6 is 0 Å². The van der Waals surface area contributed by atoms with Crippen LogP contribution in [-0.4, -0.2) is 62.3 Å². The van der Waals surface area contributed by atoms with E-state index in [0.29, 0.717) is 32.3 Å². The van der Waals surface area contributed by atoms with Crippen molar-refractivity contribution in [3.63, 3.8) is 0 Å². The van der Waals surface area contributed by atoms with E-state index in [1.807, 2.05) is 6.07 Å². The fourth-order valence-corrected chi connectivity index (χ4v) is 7.93. The SMILES string of the molecule is CO[C@H]1O[C@H](c2ccoc2)C[C@]12[C@H](C)C[C@H](OC(C)=O)[C@]1(COC(C)=O)[C@@H]2CC[C@H](OC(C)=O)[C@]12CO2. The van der Waals surface area contributed by atoms with Gasteiger partial charge in [0.25, 0.3) is 0 Å². The lowest BCUT2D eigenvalue weighted by molar-refractivity contribution is -0.282. The minimum absolute atomic E-state index is 0.0234. The molecule has 1 aromatic heterocycles. The van der Waals surface area contributed by atoms with Gasteiger partial charge >= 0.3 is 17.9 Å². The Morgan fingerprint density at radius 1 is 1.05 bits per heavy atom. The van der Waals surface area contributed by atoms with Crippen LogP contribution in [0.4, 0.5) is 0 Å². The van der Waals surface area contributed by atoms with Crippen LogP contribution in [0.15, 0.2) is 23.0 Å². The summed E-state index contributed by atoms with van der Waals surface area (Å²) in [6.45, 7) is 6.50. The zero-order valence-electron chi connectivity index (χ0n) is 22.0. The van der Waals surface area contributed by atoms with Gasteiger partial charge in [-0.3, -0.25) is 14.4 Å². The summed E-state index contributed by atoms with van der Waals surface area (Å²) in [6, 6.07) is 1.89. The second-order valence-corrected chi connectivity index (χ2v) is 11.0. The van der Waals surface area contributed by atoms with Gasteiger partial charge in [0.05, 0.1) is 30.7 Å². The molecule has 2 aliphatic heterocycles. The summed E-state index contributed by atoms with van der Waals surface area (Å²) >= 11 is 0. The second kappa shape index (κ2) is 9.39. The zero-order valence-corrected chi connectivity index (χ0v) is 22.0. The van der Waals surface area contributed by atoms with E-state index in [2.05, 4.69) is 6.92 Å². The number of methoxy groups -OCH3 is 1. The van der Waals surface area contributed by atoms with E-state index >= 15 is 0 Å². The molecule has 0 unspecified atom stereocenters. The maximum atomic E-state index is 12.4. The van der Waals surface area contributed by atoms with Crippen LogP contribution in [0.25, 0.3) is 0 Å². The van der Waals surface area contributed by atoms with E-state index in [1.54, 1.807) is 19.6 Å². The average molecular weight is 521 g/mol. The van der Waals surface area contributed by atoms with Crippen LogP contribution in [0.2, 0.25) is 0 Å². The van der Waals surface area contributed by atoms with Gasteiger partial charge < -0.3 is 32.8 Å². The van der Waals surface area contributed by atoms with E-state index in [0.717, 1.165) is 5.56 Å². The number of carbonyl (C=O) groups excluding carboxylic acids is 3. The number of fused-ring (bicyclic) bond motifs is 3. The molecule has 4 aliphatic rings. The smallest absolute Gasteiger partial charge is 0.303 e. The maximum Gasteiger partial charge on any atom is 0.303 e. The molecular weight excluding hydrogens is 484 g/mol. The number of carbonyl (C=O) groups is 3. The minimum Gasteiger partial charge on any atom is -0.472 e. The molecule has 10 nitrogen and oxygen atoms in total. The Kier molecular flexibility index (Phi) is 6.65. The van der Waals surface area contributed by atoms with Gasteiger partial charge in [-0.25, -0.2) is 0 Å². The molecule has 2 saturated heterocycles. The number of epoxide rings is 1. The Morgan fingerprint density at radius 2 is 1.76 bits per heavy atom. The number of furan rings is 1. The standard InChI is InChI=1S/C27H36O10/c1-15-10-23(36-18(4)30)26(13-33-16(2)28)21(6-7-22(35-17(3)29)27(26)14-34-27)25(15)11-20(37-24(25)31-5)19-8-9-32-12-19/h8-9,12,15,20-24H,6-7,10-11,13-14H2,1-5H3/t15-,20+,21-,22+,23+,24+,25-,26+,27-/m1/s1. The molecular formula is C27H36O10. The summed E-state index contributed by atoms with van der Waals surface area (Å²) in [6.07, 6.45) is 3.59. The third-order valence-corrected chi connectivity index (χ3v) is 9.34. The third-order valence-electron chi connectivity index (χ3n) is 9.34. The van der Waals surface area contributed by atoms with Crippen molar-refractivity contribution < 1.29 is 47.2 Å². The van der Waals surface area contributed by atoms with Crippen LogP contribution in [0.1, 0.15) is 65.0 Å². The first kappa shape index (κ1) is 26.2. The zero-order chi connectivity index (χ0) is 26.6. The molecule has 204 valence electrons. The molecule has 0 aromatic carbocycles. The van der Waals surface area contributed by atoms with Gasteiger partial charge in [0.15, 0.2) is 6.29 Å². The molecule has 2 saturated carbocycles. The fourth-order valence-electron chi connectivity index (χ4n) is 7.93. The number of hydrogen-bond acceptors (Lipinski definition) is 10. The Balaban J connectivity index is 1.67. The maximum absolute atomic E-state index is 12.4. The van der Waals surface area contributed by atoms with E-state index in [-0.39, 0.29) is 24.5 Å². The summed E-state index contributed by atoms with van der Waals surface area (Å²) in [4.78, 5) is 36.6. The number of rotatable bonds is 6. The lowest BCUT2D eigenvalue weighted by Gasteiger charge is -2.64. The van der Waals surface area contributed by atoms with E-state index in [9.17, 15) is 14.4 Å². The third kappa shape index (κ3) is 3.90. The highest BCUT2D eigenvalue weighted by molar-refractivity contribution is 5.67. The van der Waals surface area contributed by atoms with Gasteiger partial charge in [0.2, 0.25) is 0 Å². The van der Waals surface area contributed by atoms with Crippen molar-refractivity contribution in [2.24, 2.45) is 22.7 Å². The van der Waals surface area contributed by atoms with Crippen molar-refractivity contribution in [2.45, 2.75) is 83.6 Å². The number of esters is 3. The first-order valence-electron chi connectivity index (χ1n) is 12.9. The molecule has 10 heteroatoms. The summed E-state index contributed by atoms with van der Waals surface area (Å²) in [5.74, 6) is -1.46. The predicted molar refractivity (Wildman–Crippen MR) is 126 cm³/mol. The van der Waals surface area contributed by atoms with Crippen molar-refractivity contribution >= 4 is 17.9 Å². The molecule has 0 N–H and O–H groups in total. The van der Waals surface area contributed by atoms with Crippen molar-refractivity contribution in [2.75, 3.05) is 20.3 Å². The second-order valence-electron chi connectivity index (χ2n) is 11.0. The molecule has 4 fully saturated rings. The highest BCUT2D eigenvalue weighted by Crippen LogP contribution is 2.72. The Morgan fingerprint density at radius 3 is 2.32 bits per heavy atom. The lowest BCUT2D eigenvalue weighted by Crippen LogP contribution is -2.72. The Bertz CT molecular complexity index is 1030. The Hall–Kier alpha value is -2.43. The van der Waals surface area contributed by atoms with Gasteiger partial charge in [-0.05, 0) is 43.6 Å². The highest BCUT2D eigenvalue weighted by Gasteiger charge is 2.81. The molecule has 3 heterocycles. The molecule has 2 spiro atoms. The Labute approximate surface area is 216 Å². The average Bonchev–Trinajstić information content (AvgIpc) is 3.26. The minimum atomic E-state index is -0.972. The van der Waals surface area contributed by atoms with Crippen LogP contribution < -0.4 is 0 Å². The summed E-state index contributed by atoms with van der Waals surface area (Å²) < 4.78 is 41.6. The number of ether oxygens (including phenoxy) is 6. The lowest BCUT2D eigenvalue weighted by atomic mass is 9.42. The van der Waals surface area contributed by atoms with Crippen LogP contribution in [0, 0.1) is 22.7 Å². The molecule has 0 radical (unpaired) electrons. The molecule has 1 aromatic rings. The molecule has 9 atom stereocenters. The predicted octanol–water partition coefficient (Wildman–Crippen LogP) is 3.33. The van der Waals surface area contributed by atoms with Crippen LogP contribution in [-0.2, 0) is 42.8 Å². The molecule has 37 heavy (non-hydrogen) atoms. The molecule has 0 bridgehead atoms. The molecule has 5 rings (SSSR count). The van der Waals surface area contributed by atoms with Crippen molar-refractivity contribution in [3.05, 3.63) is 24.2 Å². The van der Waals surface area contributed by atoms with Gasteiger partial charge in [-0.1, -0.05) is 6.92 Å². The van der Waals surface area contributed by atoms with E-state index in [4.69, 9.17) is 32.8 Å². The summed E-state index contributed by atoms with van der Waals surface area (Å²) in [5.41, 5.74) is -1.53. The van der Waals surface area contributed by atoms with Gasteiger partial charge in [-0.15, -0.1) is 0 Å². The topological polar surface area (TPSA) is 123 Å². The number of hydrogen-bond donors (Lipinski definition) is 0. The van der Waals surface area contributed by atoms with Gasteiger partial charge in [0.1, 0.15) is 24.4 Å². The molecule has 2 aliphatic carbocycles. The van der Waals surface area contributed by atoms with Crippen LogP contribution in [0.3, 0.4) is 0 Å². The van der Waals surface area contributed by atoms with E-state index < -0.39 is 52.8 Å². The normalized spacial score (nSPS) is 42.3. The quantitative estimate of drug-likeness (QED) is 0.313. The first-order valence-corrected chi connectivity index (χ1v) is 12.9. The monoisotopic (exact) mass is 520 g/mol. The fraction of sp³-hybridized carbons (Fsp3) is 0.741. The molecule has 0 amide bonds. The van der Waals surface area contributed by atoms with Crippen molar-refractivity contribution in [3.8, 4) is 0 Å². The summed E-state index contributed by atoms with van der Waals surface area (Å²) in [7, 11) is 1.64. The van der Waals surface area contributed by atoms with E-state index in [1.165, 1.54) is 20.8 Å². The first-order chi connectivity index (χ1) is 17.6. The van der Waals surface area contributed by atoms with Gasteiger partial charge in [-0.2, -0.15) is 0 Å². The van der Waals surface area contributed by atoms with Crippen LogP contribution in [0.5, 0.6) is 0 Å². The van der Waals surface area contributed by atoms with Crippen molar-refractivity contribution in [1.29, 1.82) is 0 Å². The largest absolute Gasteiger partial charge is 0.472 e. The highest BCUT2D eigenvalue weighted by atomic mass is 16.7. The van der Waals surface area contributed by atoms with Gasteiger partial charge in [0, 0.05) is 38.9 Å².